The van der Waals surface area contributed by atoms with Crippen molar-refractivity contribution < 1.29 is 23.9 Å². The normalized spacial score (nSPS) is 12.5. The summed E-state index contributed by atoms with van der Waals surface area (Å²) in [5.41, 5.74) is 3.03. The number of aryl methyl sites for hydroxylation is 1. The fourth-order valence-corrected chi connectivity index (χ4v) is 3.42. The van der Waals surface area contributed by atoms with Crippen LogP contribution in [-0.2, 0) is 4.74 Å². The molecule has 1 N–H and O–H groups in total. The number of anilines is 2. The molecule has 3 amide bonds. The van der Waals surface area contributed by atoms with Gasteiger partial charge in [0.25, 0.3) is 17.7 Å². The summed E-state index contributed by atoms with van der Waals surface area (Å²) < 4.78 is 4.94. The Morgan fingerprint density at radius 3 is 2.12 bits per heavy atom. The van der Waals surface area contributed by atoms with Gasteiger partial charge in [0.1, 0.15) is 0 Å². The number of hydrogen-bond donors (Lipinski definition) is 1. The first-order valence-electron chi connectivity index (χ1n) is 10.1. The number of benzene rings is 3. The Kier molecular flexibility index (Phi) is 5.55. The van der Waals surface area contributed by atoms with E-state index in [0.717, 1.165) is 10.5 Å². The van der Waals surface area contributed by atoms with E-state index in [-0.39, 0.29) is 23.3 Å². The molecule has 1 heterocycles. The van der Waals surface area contributed by atoms with Crippen molar-refractivity contribution >= 4 is 35.1 Å². The minimum Gasteiger partial charge on any atom is -0.462 e. The van der Waals surface area contributed by atoms with Gasteiger partial charge in [0.2, 0.25) is 0 Å². The third-order valence-corrected chi connectivity index (χ3v) is 5.09. The number of ether oxygens (including phenoxy) is 1. The minimum atomic E-state index is -0.470. The highest BCUT2D eigenvalue weighted by atomic mass is 16.5. The van der Waals surface area contributed by atoms with Crippen molar-refractivity contribution in [1.29, 1.82) is 0 Å². The van der Waals surface area contributed by atoms with Crippen LogP contribution in [0.3, 0.4) is 0 Å². The second kappa shape index (κ2) is 8.47. The first-order valence-corrected chi connectivity index (χ1v) is 10.1. The molecule has 160 valence electrons. The van der Waals surface area contributed by atoms with Gasteiger partial charge in [-0.1, -0.05) is 17.7 Å². The maximum atomic E-state index is 12.9. The van der Waals surface area contributed by atoms with Crippen LogP contribution in [0.5, 0.6) is 0 Å². The topological polar surface area (TPSA) is 92.8 Å². The van der Waals surface area contributed by atoms with E-state index in [4.69, 9.17) is 4.74 Å². The van der Waals surface area contributed by atoms with E-state index < -0.39 is 23.7 Å². The van der Waals surface area contributed by atoms with Crippen molar-refractivity contribution in [2.45, 2.75) is 13.8 Å². The summed E-state index contributed by atoms with van der Waals surface area (Å²) in [6.07, 6.45) is 0. The van der Waals surface area contributed by atoms with Crippen molar-refractivity contribution in [2.24, 2.45) is 0 Å². The average molecular weight is 428 g/mol. The van der Waals surface area contributed by atoms with Crippen molar-refractivity contribution in [3.8, 4) is 0 Å². The summed E-state index contributed by atoms with van der Waals surface area (Å²) in [6.45, 7) is 3.92. The molecule has 0 bridgehead atoms. The molecular formula is C25H20N2O5. The lowest BCUT2D eigenvalue weighted by Crippen LogP contribution is -2.29. The van der Waals surface area contributed by atoms with Gasteiger partial charge in [-0.05, 0) is 68.4 Å². The number of nitrogens with one attached hydrogen (secondary N) is 1. The molecule has 3 aromatic carbocycles. The summed E-state index contributed by atoms with van der Waals surface area (Å²) >= 11 is 0. The van der Waals surface area contributed by atoms with Gasteiger partial charge in [0.15, 0.2) is 0 Å². The highest BCUT2D eigenvalue weighted by Crippen LogP contribution is 2.29. The number of carbonyl (C=O) groups excluding carboxylic acids is 4. The maximum absolute atomic E-state index is 12.9. The molecule has 1 aliphatic heterocycles. The second-order valence-corrected chi connectivity index (χ2v) is 7.29. The van der Waals surface area contributed by atoms with Crippen molar-refractivity contribution in [1.82, 2.24) is 0 Å². The molecule has 0 aromatic heterocycles. The third-order valence-electron chi connectivity index (χ3n) is 5.09. The molecule has 4 rings (SSSR count). The van der Waals surface area contributed by atoms with E-state index in [0.29, 0.717) is 16.9 Å². The zero-order valence-corrected chi connectivity index (χ0v) is 17.5. The standard InChI is InChI=1S/C25H20N2O5/c1-3-32-25(31)16-6-9-18(10-7-16)26-22(28)17-8-13-20-21(14-17)24(30)27(23(20)29)19-11-4-15(2)5-12-19/h4-14H,3H2,1-2H3,(H,26,28). The number of nitrogens with zero attached hydrogens (tertiary/aromatic N) is 1. The largest absolute Gasteiger partial charge is 0.462 e. The van der Waals surface area contributed by atoms with Gasteiger partial charge < -0.3 is 10.1 Å². The minimum absolute atomic E-state index is 0.181. The zero-order chi connectivity index (χ0) is 22.8. The number of rotatable bonds is 5. The molecule has 3 aromatic rings. The summed E-state index contributed by atoms with van der Waals surface area (Å²) in [5, 5.41) is 2.72. The Hall–Kier alpha value is -4.26. The molecule has 0 radical (unpaired) electrons. The van der Waals surface area contributed by atoms with Gasteiger partial charge in [-0.25, -0.2) is 9.69 Å². The van der Waals surface area contributed by atoms with E-state index in [1.807, 2.05) is 19.1 Å². The lowest BCUT2D eigenvalue weighted by molar-refractivity contribution is 0.0526. The number of esters is 1. The molecule has 0 spiro atoms. The van der Waals surface area contributed by atoms with Crippen LogP contribution in [0.15, 0.2) is 66.7 Å². The fourth-order valence-electron chi connectivity index (χ4n) is 3.42. The molecule has 0 unspecified atom stereocenters. The molecule has 32 heavy (non-hydrogen) atoms. The Morgan fingerprint density at radius 1 is 0.844 bits per heavy atom. The molecule has 0 fully saturated rings. The summed E-state index contributed by atoms with van der Waals surface area (Å²) in [4.78, 5) is 51.2. The van der Waals surface area contributed by atoms with Gasteiger partial charge >= 0.3 is 5.97 Å². The molecule has 1 aliphatic rings. The smallest absolute Gasteiger partial charge is 0.338 e. The van der Waals surface area contributed by atoms with Gasteiger partial charge in [-0.3, -0.25) is 14.4 Å². The number of fused-ring (bicyclic) bond motifs is 1. The first kappa shape index (κ1) is 21.0. The molecule has 0 aliphatic carbocycles. The monoisotopic (exact) mass is 428 g/mol. The maximum Gasteiger partial charge on any atom is 0.338 e. The summed E-state index contributed by atoms with van der Waals surface area (Å²) in [6, 6.07) is 17.8. The fraction of sp³-hybridized carbons (Fsp3) is 0.120. The van der Waals surface area contributed by atoms with Crippen molar-refractivity contribution in [3.63, 3.8) is 0 Å². The zero-order valence-electron chi connectivity index (χ0n) is 17.5. The number of carbonyl (C=O) groups is 4. The summed E-state index contributed by atoms with van der Waals surface area (Å²) in [7, 11) is 0. The van der Waals surface area contributed by atoms with Gasteiger partial charge in [-0.15, -0.1) is 0 Å². The van der Waals surface area contributed by atoms with E-state index in [2.05, 4.69) is 5.32 Å². The molecule has 0 saturated heterocycles. The van der Waals surface area contributed by atoms with E-state index in [1.165, 1.54) is 18.2 Å². The molecule has 7 nitrogen and oxygen atoms in total. The van der Waals surface area contributed by atoms with Crippen LogP contribution in [0.25, 0.3) is 0 Å². The molecule has 0 saturated carbocycles. The Morgan fingerprint density at radius 2 is 1.47 bits per heavy atom. The number of hydrogen-bond acceptors (Lipinski definition) is 5. The van der Waals surface area contributed by atoms with Gasteiger partial charge in [-0.2, -0.15) is 0 Å². The Bertz CT molecular complexity index is 1230. The highest BCUT2D eigenvalue weighted by Gasteiger charge is 2.37. The lowest BCUT2D eigenvalue weighted by atomic mass is 10.1. The van der Waals surface area contributed by atoms with Crippen molar-refractivity contribution in [3.05, 3.63) is 94.5 Å². The van der Waals surface area contributed by atoms with Crippen molar-refractivity contribution in [2.75, 3.05) is 16.8 Å². The van der Waals surface area contributed by atoms with Crippen LogP contribution in [0.4, 0.5) is 11.4 Å². The van der Waals surface area contributed by atoms with Gasteiger partial charge in [0.05, 0.1) is 29.0 Å². The number of imide groups is 1. The quantitative estimate of drug-likeness (QED) is 0.485. The third kappa shape index (κ3) is 3.88. The van der Waals surface area contributed by atoms with E-state index in [1.54, 1.807) is 43.3 Å². The molecular weight excluding hydrogens is 408 g/mol. The van der Waals surface area contributed by atoms with E-state index in [9.17, 15) is 19.2 Å². The van der Waals surface area contributed by atoms with Gasteiger partial charge in [0, 0.05) is 11.3 Å². The van der Waals surface area contributed by atoms with Crippen LogP contribution in [0.1, 0.15) is 53.9 Å². The second-order valence-electron chi connectivity index (χ2n) is 7.29. The van der Waals surface area contributed by atoms with Crippen LogP contribution >= 0.6 is 0 Å². The predicted molar refractivity (Wildman–Crippen MR) is 119 cm³/mol. The average Bonchev–Trinajstić information content (AvgIpc) is 3.04. The lowest BCUT2D eigenvalue weighted by Gasteiger charge is -2.13. The predicted octanol–water partition coefficient (Wildman–Crippen LogP) is 4.22. The molecule has 0 atom stereocenters. The van der Waals surface area contributed by atoms with Crippen LogP contribution in [0, 0.1) is 6.92 Å². The Labute approximate surface area is 184 Å². The highest BCUT2D eigenvalue weighted by molar-refractivity contribution is 6.34. The first-order chi connectivity index (χ1) is 15.4. The van der Waals surface area contributed by atoms with Crippen LogP contribution in [-0.4, -0.2) is 30.3 Å². The molecule has 7 heteroatoms. The Balaban J connectivity index is 1.53. The SMILES string of the molecule is CCOC(=O)c1ccc(NC(=O)c2ccc3c(c2)C(=O)N(c2ccc(C)cc2)C3=O)cc1. The van der Waals surface area contributed by atoms with E-state index >= 15 is 0 Å². The summed E-state index contributed by atoms with van der Waals surface area (Å²) in [5.74, 6) is -1.77. The van der Waals surface area contributed by atoms with Crippen LogP contribution < -0.4 is 10.2 Å². The number of amides is 3. The van der Waals surface area contributed by atoms with Crippen LogP contribution in [0.2, 0.25) is 0 Å².